The first-order valence-electron chi connectivity index (χ1n) is 7.64. The third kappa shape index (κ3) is 5.29. The summed E-state index contributed by atoms with van der Waals surface area (Å²) in [6, 6.07) is -0.299. The van der Waals surface area contributed by atoms with Gasteiger partial charge in [-0.1, -0.05) is 6.92 Å². The molecule has 1 saturated heterocycles. The Bertz CT molecular complexity index is 408. The smallest absolute Gasteiger partial charge is 0.325 e. The number of aliphatic imine (C=N–C) groups is 1. The monoisotopic (exact) mass is 425 g/mol. The highest BCUT2D eigenvalue weighted by Gasteiger charge is 2.45. The van der Waals surface area contributed by atoms with E-state index in [9.17, 15) is 9.59 Å². The van der Waals surface area contributed by atoms with Gasteiger partial charge in [-0.15, -0.1) is 24.0 Å². The largest absolute Gasteiger partial charge is 0.357 e. The average molecular weight is 425 g/mol. The number of hydrogen-bond acceptors (Lipinski definition) is 3. The van der Waals surface area contributed by atoms with Crippen LogP contribution in [0, 0.1) is 0 Å². The van der Waals surface area contributed by atoms with Crippen LogP contribution >= 0.6 is 24.0 Å². The predicted molar refractivity (Wildman–Crippen MR) is 98.6 cm³/mol. The van der Waals surface area contributed by atoms with E-state index >= 15 is 0 Å². The highest BCUT2D eigenvalue weighted by molar-refractivity contribution is 14.0. The average Bonchev–Trinajstić information content (AvgIpc) is 2.67. The highest BCUT2D eigenvalue weighted by atomic mass is 127. The van der Waals surface area contributed by atoms with Crippen molar-refractivity contribution in [1.29, 1.82) is 0 Å². The van der Waals surface area contributed by atoms with Crippen molar-refractivity contribution in [2.75, 3.05) is 26.2 Å². The van der Waals surface area contributed by atoms with Gasteiger partial charge in [0.15, 0.2) is 5.96 Å². The Labute approximate surface area is 149 Å². The van der Waals surface area contributed by atoms with Gasteiger partial charge in [0, 0.05) is 26.2 Å². The van der Waals surface area contributed by atoms with Crippen LogP contribution in [0.3, 0.4) is 0 Å². The van der Waals surface area contributed by atoms with Crippen molar-refractivity contribution in [2.45, 2.75) is 46.1 Å². The number of carbonyl (C=O) groups is 2. The number of hydrogen-bond donors (Lipinski definition) is 3. The van der Waals surface area contributed by atoms with Crippen LogP contribution in [0.15, 0.2) is 4.99 Å². The van der Waals surface area contributed by atoms with E-state index in [0.717, 1.165) is 19.0 Å². The van der Waals surface area contributed by atoms with Crippen LogP contribution < -0.4 is 16.0 Å². The quantitative estimate of drug-likeness (QED) is 0.189. The topological polar surface area (TPSA) is 85.8 Å². The van der Waals surface area contributed by atoms with Gasteiger partial charge in [0.05, 0.1) is 0 Å². The number of amides is 3. The Balaban J connectivity index is 0.00000441. The number of carbonyl (C=O) groups excluding carboxylic acids is 2. The Morgan fingerprint density at radius 2 is 1.82 bits per heavy atom. The first-order chi connectivity index (χ1) is 9.98. The molecule has 22 heavy (non-hydrogen) atoms. The molecule has 0 radical (unpaired) electrons. The molecule has 0 aromatic heterocycles. The van der Waals surface area contributed by atoms with E-state index < -0.39 is 5.54 Å². The molecule has 0 bridgehead atoms. The Kier molecular flexibility index (Phi) is 9.38. The van der Waals surface area contributed by atoms with Gasteiger partial charge in [-0.05, 0) is 33.6 Å². The van der Waals surface area contributed by atoms with E-state index in [1.807, 2.05) is 20.8 Å². The van der Waals surface area contributed by atoms with Gasteiger partial charge >= 0.3 is 6.03 Å². The second kappa shape index (κ2) is 9.86. The van der Waals surface area contributed by atoms with Crippen LogP contribution in [0.1, 0.15) is 40.5 Å². The summed E-state index contributed by atoms with van der Waals surface area (Å²) in [5.41, 5.74) is -0.751. The summed E-state index contributed by atoms with van der Waals surface area (Å²) in [7, 11) is 0. The van der Waals surface area contributed by atoms with Gasteiger partial charge in [-0.3, -0.25) is 14.7 Å². The van der Waals surface area contributed by atoms with Gasteiger partial charge in [0.1, 0.15) is 5.54 Å². The van der Waals surface area contributed by atoms with Gasteiger partial charge in [-0.25, -0.2) is 4.79 Å². The molecule has 1 heterocycles. The molecular formula is C14H28IN5O2. The summed E-state index contributed by atoms with van der Waals surface area (Å²) in [5, 5.41) is 9.01. The van der Waals surface area contributed by atoms with Crippen molar-refractivity contribution in [3.8, 4) is 0 Å². The number of guanidine groups is 1. The van der Waals surface area contributed by atoms with Crippen molar-refractivity contribution in [1.82, 2.24) is 20.9 Å². The third-order valence-corrected chi connectivity index (χ3v) is 3.55. The molecule has 1 unspecified atom stereocenters. The van der Waals surface area contributed by atoms with Crippen molar-refractivity contribution < 1.29 is 9.59 Å². The molecule has 1 rings (SSSR count). The zero-order valence-electron chi connectivity index (χ0n) is 13.9. The van der Waals surface area contributed by atoms with Crippen molar-refractivity contribution >= 4 is 41.9 Å². The van der Waals surface area contributed by atoms with E-state index in [4.69, 9.17) is 0 Å². The number of imide groups is 1. The van der Waals surface area contributed by atoms with E-state index in [2.05, 4.69) is 20.9 Å². The summed E-state index contributed by atoms with van der Waals surface area (Å²) in [4.78, 5) is 29.7. The zero-order valence-corrected chi connectivity index (χ0v) is 16.2. The fourth-order valence-electron chi connectivity index (χ4n) is 2.12. The molecule has 0 saturated carbocycles. The minimum Gasteiger partial charge on any atom is -0.357 e. The maximum atomic E-state index is 12.2. The Morgan fingerprint density at radius 3 is 2.27 bits per heavy atom. The molecule has 0 spiro atoms. The molecule has 3 N–H and O–H groups in total. The van der Waals surface area contributed by atoms with Crippen LogP contribution in [0.4, 0.5) is 4.79 Å². The first kappa shape index (κ1) is 20.9. The Morgan fingerprint density at radius 1 is 1.23 bits per heavy atom. The lowest BCUT2D eigenvalue weighted by molar-refractivity contribution is -0.130. The SMILES string of the molecule is CCNC(=NCCCN1C(=O)NC(C)(CC)C1=O)NCC.I. The number of nitrogens with zero attached hydrogens (tertiary/aromatic N) is 2. The van der Waals surface area contributed by atoms with E-state index in [1.165, 1.54) is 4.90 Å². The molecule has 1 aliphatic heterocycles. The summed E-state index contributed by atoms with van der Waals surface area (Å²) >= 11 is 0. The lowest BCUT2D eigenvalue weighted by Crippen LogP contribution is -2.43. The second-order valence-corrected chi connectivity index (χ2v) is 5.22. The molecule has 1 fully saturated rings. The third-order valence-electron chi connectivity index (χ3n) is 3.55. The fraction of sp³-hybridized carbons (Fsp3) is 0.786. The molecule has 0 aromatic carbocycles. The normalized spacial score (nSPS) is 20.3. The molecule has 8 heteroatoms. The second-order valence-electron chi connectivity index (χ2n) is 5.22. The van der Waals surface area contributed by atoms with Crippen molar-refractivity contribution in [2.24, 2.45) is 4.99 Å². The van der Waals surface area contributed by atoms with Crippen LogP contribution in [-0.4, -0.2) is 54.5 Å². The molecule has 3 amide bonds. The summed E-state index contributed by atoms with van der Waals surface area (Å²) in [5.74, 6) is 0.619. The van der Waals surface area contributed by atoms with Gasteiger partial charge in [0.25, 0.3) is 5.91 Å². The predicted octanol–water partition coefficient (Wildman–Crippen LogP) is 1.29. The minimum absolute atomic E-state index is 0. The number of nitrogens with one attached hydrogen (secondary N) is 3. The molecule has 0 aliphatic carbocycles. The highest BCUT2D eigenvalue weighted by Crippen LogP contribution is 2.20. The first-order valence-corrected chi connectivity index (χ1v) is 7.64. The van der Waals surface area contributed by atoms with Crippen molar-refractivity contribution in [3.05, 3.63) is 0 Å². The zero-order chi connectivity index (χ0) is 15.9. The van der Waals surface area contributed by atoms with E-state index in [0.29, 0.717) is 25.9 Å². The summed E-state index contributed by atoms with van der Waals surface area (Å²) in [6.07, 6.45) is 1.25. The standard InChI is InChI=1S/C14H27N5O2.HI/c1-5-14(4)11(20)19(13(21)18-14)10-8-9-17-12(15-6-2)16-7-3;/h5-10H2,1-4H3,(H,18,21)(H2,15,16,17);1H. The van der Waals surface area contributed by atoms with Crippen LogP contribution in [0.5, 0.6) is 0 Å². The van der Waals surface area contributed by atoms with Gasteiger partial charge in [0.2, 0.25) is 0 Å². The molecule has 1 aliphatic rings. The van der Waals surface area contributed by atoms with Gasteiger partial charge < -0.3 is 16.0 Å². The van der Waals surface area contributed by atoms with Crippen LogP contribution in [-0.2, 0) is 4.79 Å². The lowest BCUT2D eigenvalue weighted by atomic mass is 9.99. The summed E-state index contributed by atoms with van der Waals surface area (Å²) in [6.45, 7) is 10.2. The lowest BCUT2D eigenvalue weighted by Gasteiger charge is -2.19. The molecular weight excluding hydrogens is 397 g/mol. The number of halogens is 1. The van der Waals surface area contributed by atoms with Gasteiger partial charge in [-0.2, -0.15) is 0 Å². The molecule has 1 atom stereocenters. The molecule has 128 valence electrons. The maximum absolute atomic E-state index is 12.2. The van der Waals surface area contributed by atoms with Crippen molar-refractivity contribution in [3.63, 3.8) is 0 Å². The number of urea groups is 1. The Hall–Kier alpha value is -1.06. The maximum Gasteiger partial charge on any atom is 0.325 e. The van der Waals surface area contributed by atoms with E-state index in [-0.39, 0.29) is 35.9 Å². The van der Waals surface area contributed by atoms with E-state index in [1.54, 1.807) is 6.92 Å². The minimum atomic E-state index is -0.751. The van der Waals surface area contributed by atoms with Crippen LogP contribution in [0.2, 0.25) is 0 Å². The molecule has 7 nitrogen and oxygen atoms in total. The summed E-state index contributed by atoms with van der Waals surface area (Å²) < 4.78 is 0. The molecule has 0 aromatic rings. The van der Waals surface area contributed by atoms with Crippen LogP contribution in [0.25, 0.3) is 0 Å². The fourth-order valence-corrected chi connectivity index (χ4v) is 2.12. The number of rotatable bonds is 7.